The lowest BCUT2D eigenvalue weighted by molar-refractivity contribution is 0.336. The molecule has 0 spiro atoms. The van der Waals surface area contributed by atoms with Crippen molar-refractivity contribution in [1.82, 2.24) is 4.90 Å². The van der Waals surface area contributed by atoms with E-state index < -0.39 is 0 Å². The third-order valence-electron chi connectivity index (χ3n) is 3.00. The van der Waals surface area contributed by atoms with E-state index in [2.05, 4.69) is 4.90 Å². The van der Waals surface area contributed by atoms with E-state index in [0.717, 1.165) is 29.5 Å². The summed E-state index contributed by atoms with van der Waals surface area (Å²) in [7, 11) is 0. The highest BCUT2D eigenvalue weighted by molar-refractivity contribution is 6.30. The van der Waals surface area contributed by atoms with Gasteiger partial charge in [-0.25, -0.2) is 0 Å². The minimum absolute atomic E-state index is 0.695. The summed E-state index contributed by atoms with van der Waals surface area (Å²) >= 11 is 5.93. The Bertz CT molecular complexity index is 370. The summed E-state index contributed by atoms with van der Waals surface area (Å²) in [5.74, 6) is 0.724. The molecule has 1 fully saturated rings. The summed E-state index contributed by atoms with van der Waals surface area (Å²) in [5, 5.41) is 8.83. The molecule has 2 rings (SSSR count). The highest BCUT2D eigenvalue weighted by Crippen LogP contribution is 2.14. The van der Waals surface area contributed by atoms with Crippen molar-refractivity contribution in [3.05, 3.63) is 34.9 Å². The molecule has 1 aliphatic heterocycles. The number of benzene rings is 1. The van der Waals surface area contributed by atoms with E-state index in [9.17, 15) is 0 Å². The molecule has 0 aliphatic carbocycles. The van der Waals surface area contributed by atoms with Crippen LogP contribution in [0.25, 0.3) is 0 Å². The Hall–Kier alpha value is -1.02. The fourth-order valence-electron chi connectivity index (χ4n) is 2.12. The van der Waals surface area contributed by atoms with Crippen LogP contribution >= 0.6 is 11.6 Å². The van der Waals surface area contributed by atoms with E-state index in [-0.39, 0.29) is 0 Å². The van der Waals surface area contributed by atoms with E-state index in [1.165, 1.54) is 19.3 Å². The van der Waals surface area contributed by atoms with Crippen molar-refractivity contribution in [1.29, 1.82) is 5.41 Å². The van der Waals surface area contributed by atoms with Crippen molar-refractivity contribution in [2.75, 3.05) is 13.1 Å². The van der Waals surface area contributed by atoms with Gasteiger partial charge >= 0.3 is 0 Å². The Morgan fingerprint density at radius 2 is 2.00 bits per heavy atom. The van der Waals surface area contributed by atoms with Gasteiger partial charge in [0.25, 0.3) is 0 Å². The molecule has 1 N–H and O–H groups in total. The molecule has 0 bridgehead atoms. The van der Waals surface area contributed by atoms with Crippen LogP contribution in [-0.2, 0) is 6.42 Å². The van der Waals surface area contributed by atoms with Crippen LogP contribution in [0.1, 0.15) is 24.8 Å². The molecule has 1 aromatic rings. The second-order valence-electron chi connectivity index (χ2n) is 4.30. The number of likely N-dealkylation sites (tertiary alicyclic amines) is 1. The molecular formula is C13H17ClN2. The normalized spacial score (nSPS) is 16.2. The zero-order chi connectivity index (χ0) is 11.4. The standard InChI is InChI=1S/C13H17ClN2/c14-12-6-4-5-11(9-12)10-13(15)16-7-2-1-3-8-16/h4-6,9,15H,1-3,7-8,10H2. The molecule has 0 atom stereocenters. The summed E-state index contributed by atoms with van der Waals surface area (Å²) < 4.78 is 0. The van der Waals surface area contributed by atoms with Crippen LogP contribution in [0.2, 0.25) is 5.02 Å². The Morgan fingerprint density at radius 1 is 1.25 bits per heavy atom. The van der Waals surface area contributed by atoms with Crippen LogP contribution in [0, 0.1) is 5.41 Å². The highest BCUT2D eigenvalue weighted by atomic mass is 35.5. The molecule has 1 heterocycles. The van der Waals surface area contributed by atoms with Crippen molar-refractivity contribution in [3.63, 3.8) is 0 Å². The second kappa shape index (κ2) is 5.35. The number of hydrogen-bond acceptors (Lipinski definition) is 1. The molecule has 0 radical (unpaired) electrons. The van der Waals surface area contributed by atoms with Gasteiger partial charge < -0.3 is 4.90 Å². The topological polar surface area (TPSA) is 27.1 Å². The maximum atomic E-state index is 8.07. The van der Waals surface area contributed by atoms with E-state index in [1.807, 2.05) is 24.3 Å². The van der Waals surface area contributed by atoms with E-state index >= 15 is 0 Å². The number of amidine groups is 1. The third kappa shape index (κ3) is 2.99. The van der Waals surface area contributed by atoms with Crippen LogP contribution in [-0.4, -0.2) is 23.8 Å². The van der Waals surface area contributed by atoms with Crippen LogP contribution in [0.15, 0.2) is 24.3 Å². The van der Waals surface area contributed by atoms with Crippen LogP contribution in [0.4, 0.5) is 0 Å². The molecular weight excluding hydrogens is 220 g/mol. The summed E-state index contributed by atoms with van der Waals surface area (Å²) in [4.78, 5) is 2.18. The summed E-state index contributed by atoms with van der Waals surface area (Å²) in [6.07, 6.45) is 4.44. The van der Waals surface area contributed by atoms with Crippen molar-refractivity contribution in [2.45, 2.75) is 25.7 Å². The summed E-state index contributed by atoms with van der Waals surface area (Å²) in [6.45, 7) is 2.08. The molecule has 3 heteroatoms. The number of halogens is 1. The number of nitrogens with zero attached hydrogens (tertiary/aromatic N) is 1. The average molecular weight is 237 g/mol. The number of nitrogens with one attached hydrogen (secondary N) is 1. The SMILES string of the molecule is N=C(Cc1cccc(Cl)c1)N1CCCCC1. The number of piperidine rings is 1. The maximum Gasteiger partial charge on any atom is 0.100 e. The van der Waals surface area contributed by atoms with Crippen molar-refractivity contribution in [3.8, 4) is 0 Å². The minimum Gasteiger partial charge on any atom is -0.360 e. The molecule has 1 saturated heterocycles. The highest BCUT2D eigenvalue weighted by Gasteiger charge is 2.13. The lowest BCUT2D eigenvalue weighted by Crippen LogP contribution is -2.36. The van der Waals surface area contributed by atoms with Gasteiger partial charge in [-0.15, -0.1) is 0 Å². The summed E-state index contributed by atoms with van der Waals surface area (Å²) in [5.41, 5.74) is 1.13. The molecule has 1 aliphatic rings. The van der Waals surface area contributed by atoms with Crippen LogP contribution in [0.5, 0.6) is 0 Å². The van der Waals surface area contributed by atoms with Gasteiger partial charge in [0, 0.05) is 24.5 Å². The van der Waals surface area contributed by atoms with Crippen molar-refractivity contribution in [2.24, 2.45) is 0 Å². The second-order valence-corrected chi connectivity index (χ2v) is 4.74. The predicted octanol–water partition coefficient (Wildman–Crippen LogP) is 3.35. The van der Waals surface area contributed by atoms with Gasteiger partial charge in [0.2, 0.25) is 0 Å². The first-order chi connectivity index (χ1) is 7.75. The maximum absolute atomic E-state index is 8.07. The molecule has 86 valence electrons. The van der Waals surface area contributed by atoms with Gasteiger partial charge in [-0.1, -0.05) is 23.7 Å². The lowest BCUT2D eigenvalue weighted by atomic mass is 10.1. The Kier molecular flexibility index (Phi) is 3.83. The molecule has 16 heavy (non-hydrogen) atoms. The van der Waals surface area contributed by atoms with Gasteiger partial charge in [0.1, 0.15) is 5.84 Å². The third-order valence-corrected chi connectivity index (χ3v) is 3.23. The molecule has 2 nitrogen and oxygen atoms in total. The average Bonchev–Trinajstić information content (AvgIpc) is 2.30. The van der Waals surface area contributed by atoms with Crippen LogP contribution in [0.3, 0.4) is 0 Å². The van der Waals surface area contributed by atoms with Gasteiger partial charge in [0.15, 0.2) is 0 Å². The Morgan fingerprint density at radius 3 is 2.69 bits per heavy atom. The number of hydrogen-bond donors (Lipinski definition) is 1. The Balaban J connectivity index is 1.96. The van der Waals surface area contributed by atoms with Crippen molar-refractivity contribution < 1.29 is 0 Å². The monoisotopic (exact) mass is 236 g/mol. The first-order valence-electron chi connectivity index (χ1n) is 5.82. The fourth-order valence-corrected chi connectivity index (χ4v) is 2.33. The number of rotatable bonds is 2. The lowest BCUT2D eigenvalue weighted by Gasteiger charge is -2.29. The van der Waals surface area contributed by atoms with Gasteiger partial charge in [-0.2, -0.15) is 0 Å². The van der Waals surface area contributed by atoms with E-state index in [1.54, 1.807) is 0 Å². The molecule has 0 amide bonds. The van der Waals surface area contributed by atoms with Crippen LogP contribution < -0.4 is 0 Å². The molecule has 0 aromatic heterocycles. The quantitative estimate of drug-likeness (QED) is 0.619. The minimum atomic E-state index is 0.695. The van der Waals surface area contributed by atoms with Gasteiger partial charge in [-0.05, 0) is 37.0 Å². The molecule has 0 unspecified atom stereocenters. The largest absolute Gasteiger partial charge is 0.360 e. The summed E-state index contributed by atoms with van der Waals surface area (Å²) in [6, 6.07) is 7.79. The van der Waals surface area contributed by atoms with Gasteiger partial charge in [0.05, 0.1) is 0 Å². The van der Waals surface area contributed by atoms with Gasteiger partial charge in [-0.3, -0.25) is 5.41 Å². The smallest absolute Gasteiger partial charge is 0.100 e. The Labute approximate surface area is 102 Å². The molecule has 0 saturated carbocycles. The predicted molar refractivity (Wildman–Crippen MR) is 68.3 cm³/mol. The fraction of sp³-hybridized carbons (Fsp3) is 0.462. The van der Waals surface area contributed by atoms with Crippen molar-refractivity contribution >= 4 is 17.4 Å². The molecule has 1 aromatic carbocycles. The van der Waals surface area contributed by atoms with E-state index in [4.69, 9.17) is 17.0 Å². The first-order valence-corrected chi connectivity index (χ1v) is 6.20. The zero-order valence-corrected chi connectivity index (χ0v) is 10.1. The van der Waals surface area contributed by atoms with E-state index in [0.29, 0.717) is 6.42 Å². The first kappa shape index (κ1) is 11.5. The zero-order valence-electron chi connectivity index (χ0n) is 9.38.